The van der Waals surface area contributed by atoms with Gasteiger partial charge < -0.3 is 15.0 Å². The Morgan fingerprint density at radius 1 is 1.32 bits per heavy atom. The molecule has 0 aliphatic carbocycles. The van der Waals surface area contributed by atoms with Gasteiger partial charge in [0.15, 0.2) is 0 Å². The first-order valence-corrected chi connectivity index (χ1v) is 7.38. The molecule has 1 aliphatic heterocycles. The van der Waals surface area contributed by atoms with E-state index in [1.54, 1.807) is 0 Å². The highest BCUT2D eigenvalue weighted by Gasteiger charge is 2.22. The van der Waals surface area contributed by atoms with Gasteiger partial charge in [0.25, 0.3) is 0 Å². The molecule has 0 spiro atoms. The molecule has 3 heteroatoms. The highest BCUT2D eigenvalue weighted by Crippen LogP contribution is 2.21. The van der Waals surface area contributed by atoms with Crippen LogP contribution in [0, 0.1) is 0 Å². The van der Waals surface area contributed by atoms with E-state index < -0.39 is 0 Å². The first-order valence-electron chi connectivity index (χ1n) is 7.38. The SMILES string of the molecule is CCCOc1ccc(NC2CCN(C)C(C)C2)cc1. The van der Waals surface area contributed by atoms with Crippen LogP contribution in [-0.2, 0) is 0 Å². The van der Waals surface area contributed by atoms with E-state index in [9.17, 15) is 0 Å². The monoisotopic (exact) mass is 262 g/mol. The highest BCUT2D eigenvalue weighted by molar-refractivity contribution is 5.47. The summed E-state index contributed by atoms with van der Waals surface area (Å²) in [6, 6.07) is 9.60. The molecule has 2 atom stereocenters. The second-order valence-electron chi connectivity index (χ2n) is 5.57. The third-order valence-electron chi connectivity index (χ3n) is 3.91. The van der Waals surface area contributed by atoms with Crippen LogP contribution in [0.5, 0.6) is 5.75 Å². The zero-order valence-electron chi connectivity index (χ0n) is 12.4. The van der Waals surface area contributed by atoms with Crippen molar-refractivity contribution in [3.8, 4) is 5.75 Å². The number of nitrogens with one attached hydrogen (secondary N) is 1. The lowest BCUT2D eigenvalue weighted by Gasteiger charge is -2.35. The van der Waals surface area contributed by atoms with Gasteiger partial charge in [0.05, 0.1) is 6.61 Å². The fourth-order valence-corrected chi connectivity index (χ4v) is 2.52. The van der Waals surface area contributed by atoms with Crippen molar-refractivity contribution in [3.05, 3.63) is 24.3 Å². The molecule has 2 rings (SSSR count). The summed E-state index contributed by atoms with van der Waals surface area (Å²) in [7, 11) is 2.21. The molecular formula is C16H26N2O. The minimum Gasteiger partial charge on any atom is -0.494 e. The minimum absolute atomic E-state index is 0.591. The van der Waals surface area contributed by atoms with Crippen LogP contribution in [0.4, 0.5) is 5.69 Å². The lowest BCUT2D eigenvalue weighted by Crippen LogP contribution is -2.42. The van der Waals surface area contributed by atoms with Crippen LogP contribution >= 0.6 is 0 Å². The summed E-state index contributed by atoms with van der Waals surface area (Å²) in [6.45, 7) is 6.39. The Kier molecular flexibility index (Phi) is 5.08. The third-order valence-corrected chi connectivity index (χ3v) is 3.91. The number of hydrogen-bond donors (Lipinski definition) is 1. The summed E-state index contributed by atoms with van der Waals surface area (Å²) in [5.74, 6) is 0.962. The van der Waals surface area contributed by atoms with Gasteiger partial charge in [-0.3, -0.25) is 0 Å². The summed E-state index contributed by atoms with van der Waals surface area (Å²) in [5.41, 5.74) is 1.20. The van der Waals surface area contributed by atoms with Gasteiger partial charge in [-0.1, -0.05) is 6.92 Å². The number of hydrogen-bond acceptors (Lipinski definition) is 3. The van der Waals surface area contributed by atoms with Crippen LogP contribution in [0.2, 0.25) is 0 Å². The molecule has 0 bridgehead atoms. The predicted octanol–water partition coefficient (Wildman–Crippen LogP) is 3.37. The standard InChI is InChI=1S/C16H26N2O/c1-4-11-19-16-7-5-14(6-8-16)17-15-9-10-18(3)13(2)12-15/h5-8,13,15,17H,4,9-12H2,1-3H3. The summed E-state index contributed by atoms with van der Waals surface area (Å²) >= 11 is 0. The van der Waals surface area contributed by atoms with E-state index in [-0.39, 0.29) is 0 Å². The number of anilines is 1. The van der Waals surface area contributed by atoms with E-state index in [1.165, 1.54) is 25.1 Å². The number of ether oxygens (including phenoxy) is 1. The average Bonchev–Trinajstić information content (AvgIpc) is 2.42. The van der Waals surface area contributed by atoms with Crippen molar-refractivity contribution in [3.63, 3.8) is 0 Å². The van der Waals surface area contributed by atoms with Crippen LogP contribution in [-0.4, -0.2) is 37.2 Å². The van der Waals surface area contributed by atoms with Crippen LogP contribution in [0.25, 0.3) is 0 Å². The Labute approximate surface area is 116 Å². The van der Waals surface area contributed by atoms with Crippen molar-refractivity contribution in [2.75, 3.05) is 25.5 Å². The molecule has 3 nitrogen and oxygen atoms in total. The molecule has 1 saturated heterocycles. The quantitative estimate of drug-likeness (QED) is 0.880. The largest absolute Gasteiger partial charge is 0.494 e. The fourth-order valence-electron chi connectivity index (χ4n) is 2.52. The molecular weight excluding hydrogens is 236 g/mol. The molecule has 106 valence electrons. The number of benzene rings is 1. The summed E-state index contributed by atoms with van der Waals surface area (Å²) < 4.78 is 5.60. The molecule has 1 heterocycles. The van der Waals surface area contributed by atoms with Crippen LogP contribution < -0.4 is 10.1 Å². The molecule has 1 N–H and O–H groups in total. The number of piperidine rings is 1. The number of likely N-dealkylation sites (tertiary alicyclic amines) is 1. The normalized spacial score (nSPS) is 24.2. The highest BCUT2D eigenvalue weighted by atomic mass is 16.5. The van der Waals surface area contributed by atoms with Gasteiger partial charge in [-0.25, -0.2) is 0 Å². The number of rotatable bonds is 5. The first kappa shape index (κ1) is 14.2. The van der Waals surface area contributed by atoms with Gasteiger partial charge in [-0.05, 0) is 57.5 Å². The lowest BCUT2D eigenvalue weighted by atomic mass is 9.99. The molecule has 0 amide bonds. The molecule has 1 fully saturated rings. The zero-order valence-corrected chi connectivity index (χ0v) is 12.4. The van der Waals surface area contributed by atoms with Crippen molar-refractivity contribution < 1.29 is 4.74 Å². The summed E-state index contributed by atoms with van der Waals surface area (Å²) in [4.78, 5) is 2.43. The zero-order chi connectivity index (χ0) is 13.7. The maximum absolute atomic E-state index is 5.60. The van der Waals surface area contributed by atoms with Crippen molar-refractivity contribution in [2.24, 2.45) is 0 Å². The smallest absolute Gasteiger partial charge is 0.119 e. The fraction of sp³-hybridized carbons (Fsp3) is 0.625. The first-order chi connectivity index (χ1) is 9.19. The van der Waals surface area contributed by atoms with Crippen LogP contribution in [0.3, 0.4) is 0 Å². The van der Waals surface area contributed by atoms with Crippen LogP contribution in [0.15, 0.2) is 24.3 Å². The van der Waals surface area contributed by atoms with Gasteiger partial charge in [-0.2, -0.15) is 0 Å². The topological polar surface area (TPSA) is 24.5 Å². The number of nitrogens with zero attached hydrogens (tertiary/aromatic N) is 1. The van der Waals surface area contributed by atoms with Crippen molar-refractivity contribution >= 4 is 5.69 Å². The Bertz CT molecular complexity index is 377. The van der Waals surface area contributed by atoms with Crippen molar-refractivity contribution in [2.45, 2.75) is 45.2 Å². The molecule has 0 saturated carbocycles. The third kappa shape index (κ3) is 4.13. The van der Waals surface area contributed by atoms with Crippen molar-refractivity contribution in [1.82, 2.24) is 4.90 Å². The van der Waals surface area contributed by atoms with E-state index in [4.69, 9.17) is 4.74 Å². The van der Waals surface area contributed by atoms with Gasteiger partial charge in [0.2, 0.25) is 0 Å². The molecule has 1 aliphatic rings. The van der Waals surface area contributed by atoms with E-state index in [1.807, 2.05) is 0 Å². The van der Waals surface area contributed by atoms with Gasteiger partial charge in [-0.15, -0.1) is 0 Å². The Balaban J connectivity index is 1.85. The molecule has 0 radical (unpaired) electrons. The summed E-state index contributed by atoms with van der Waals surface area (Å²) in [6.07, 6.45) is 3.48. The summed E-state index contributed by atoms with van der Waals surface area (Å²) in [5, 5.41) is 3.63. The second kappa shape index (κ2) is 6.80. The lowest BCUT2D eigenvalue weighted by molar-refractivity contribution is 0.190. The predicted molar refractivity (Wildman–Crippen MR) is 81.0 cm³/mol. The Hall–Kier alpha value is -1.22. The van der Waals surface area contributed by atoms with Gasteiger partial charge in [0.1, 0.15) is 5.75 Å². The minimum atomic E-state index is 0.591. The van der Waals surface area contributed by atoms with Crippen molar-refractivity contribution in [1.29, 1.82) is 0 Å². The molecule has 2 unspecified atom stereocenters. The maximum Gasteiger partial charge on any atom is 0.119 e. The second-order valence-corrected chi connectivity index (χ2v) is 5.57. The maximum atomic E-state index is 5.60. The molecule has 0 aromatic heterocycles. The molecule has 1 aromatic rings. The van der Waals surface area contributed by atoms with Gasteiger partial charge >= 0.3 is 0 Å². The average molecular weight is 262 g/mol. The molecule has 1 aromatic carbocycles. The van der Waals surface area contributed by atoms with Crippen LogP contribution in [0.1, 0.15) is 33.1 Å². The Morgan fingerprint density at radius 3 is 2.68 bits per heavy atom. The van der Waals surface area contributed by atoms with Gasteiger partial charge in [0, 0.05) is 24.3 Å². The molecule has 19 heavy (non-hydrogen) atoms. The van der Waals surface area contributed by atoms with E-state index in [0.29, 0.717) is 12.1 Å². The Morgan fingerprint density at radius 2 is 2.05 bits per heavy atom. The van der Waals surface area contributed by atoms with E-state index in [2.05, 4.69) is 55.4 Å². The van der Waals surface area contributed by atoms with E-state index in [0.717, 1.165) is 18.8 Å². The van der Waals surface area contributed by atoms with E-state index >= 15 is 0 Å².